The molecule has 0 aromatic heterocycles. The lowest BCUT2D eigenvalue weighted by molar-refractivity contribution is -0.137. The van der Waals surface area contributed by atoms with Crippen LogP contribution in [0.1, 0.15) is 27.2 Å². The number of urea groups is 1. The van der Waals surface area contributed by atoms with Crippen molar-refractivity contribution >= 4 is 17.7 Å². The van der Waals surface area contributed by atoms with E-state index in [9.17, 15) is 9.59 Å². The zero-order chi connectivity index (χ0) is 15.8. The first-order valence-electron chi connectivity index (χ1n) is 6.96. The van der Waals surface area contributed by atoms with Crippen LogP contribution in [0.3, 0.4) is 0 Å². The quantitative estimate of drug-likeness (QED) is 0.810. The Kier molecular flexibility index (Phi) is 6.52. The van der Waals surface area contributed by atoms with E-state index >= 15 is 0 Å². The van der Waals surface area contributed by atoms with E-state index < -0.39 is 5.97 Å². The molecule has 0 saturated heterocycles. The lowest BCUT2D eigenvalue weighted by Gasteiger charge is -2.20. The molecule has 0 unspecified atom stereocenters. The molecule has 0 aliphatic rings. The second kappa shape index (κ2) is 8.14. The highest BCUT2D eigenvalue weighted by molar-refractivity contribution is 5.89. The molecular formula is C15H22N2O4. The zero-order valence-electron chi connectivity index (χ0n) is 12.6. The number of benzene rings is 1. The lowest BCUT2D eigenvalue weighted by Crippen LogP contribution is -2.36. The molecule has 2 N–H and O–H groups in total. The molecule has 0 bridgehead atoms. The number of amides is 2. The number of carbonyl (C=O) groups is 2. The molecule has 0 radical (unpaired) electrons. The standard InChI is InChI=1S/C15H22N2O4/c1-4-17(10-9-14(18)19)15(20)16-12-5-7-13(8-6-12)21-11(2)3/h5-8,11H,4,9-10H2,1-3H3,(H,16,20)(H,18,19). The van der Waals surface area contributed by atoms with E-state index in [4.69, 9.17) is 9.84 Å². The molecule has 2 amide bonds. The number of nitrogens with zero attached hydrogens (tertiary/aromatic N) is 1. The third-order valence-electron chi connectivity index (χ3n) is 2.74. The van der Waals surface area contributed by atoms with Crippen LogP contribution in [-0.4, -0.2) is 41.2 Å². The molecule has 116 valence electrons. The Bertz CT molecular complexity index is 471. The first-order valence-corrected chi connectivity index (χ1v) is 6.96. The van der Waals surface area contributed by atoms with E-state index in [-0.39, 0.29) is 25.1 Å². The van der Waals surface area contributed by atoms with Gasteiger partial charge in [-0.05, 0) is 45.0 Å². The maximum absolute atomic E-state index is 12.0. The summed E-state index contributed by atoms with van der Waals surface area (Å²) in [7, 11) is 0. The number of aliphatic carboxylic acids is 1. The van der Waals surface area contributed by atoms with Crippen LogP contribution in [0.5, 0.6) is 5.75 Å². The largest absolute Gasteiger partial charge is 0.491 e. The van der Waals surface area contributed by atoms with E-state index in [1.807, 2.05) is 13.8 Å². The number of rotatable bonds is 7. The Morgan fingerprint density at radius 3 is 2.38 bits per heavy atom. The SMILES string of the molecule is CCN(CCC(=O)O)C(=O)Nc1ccc(OC(C)C)cc1. The van der Waals surface area contributed by atoms with Gasteiger partial charge in [0.05, 0.1) is 12.5 Å². The molecule has 1 rings (SSSR count). The minimum Gasteiger partial charge on any atom is -0.491 e. The number of carboxylic acid groups (broad SMARTS) is 1. The monoisotopic (exact) mass is 294 g/mol. The Labute approximate surface area is 124 Å². The maximum atomic E-state index is 12.0. The van der Waals surface area contributed by atoms with Gasteiger partial charge in [0.15, 0.2) is 0 Å². The summed E-state index contributed by atoms with van der Waals surface area (Å²) in [6, 6.07) is 6.75. The van der Waals surface area contributed by atoms with Gasteiger partial charge in [0.2, 0.25) is 0 Å². The third kappa shape index (κ3) is 6.16. The van der Waals surface area contributed by atoms with Crippen molar-refractivity contribution < 1.29 is 19.4 Å². The van der Waals surface area contributed by atoms with Gasteiger partial charge in [-0.15, -0.1) is 0 Å². The van der Waals surface area contributed by atoms with Crippen LogP contribution >= 0.6 is 0 Å². The molecule has 0 atom stereocenters. The summed E-state index contributed by atoms with van der Waals surface area (Å²) in [5, 5.41) is 11.4. The number of carbonyl (C=O) groups excluding carboxylic acids is 1. The van der Waals surface area contributed by atoms with Gasteiger partial charge < -0.3 is 20.1 Å². The Hall–Kier alpha value is -2.24. The van der Waals surface area contributed by atoms with Crippen molar-refractivity contribution in [2.45, 2.75) is 33.3 Å². The fraction of sp³-hybridized carbons (Fsp3) is 0.467. The molecule has 0 fully saturated rings. The van der Waals surface area contributed by atoms with E-state index in [1.165, 1.54) is 4.90 Å². The van der Waals surface area contributed by atoms with E-state index in [0.29, 0.717) is 12.2 Å². The molecule has 0 aliphatic carbocycles. The molecular weight excluding hydrogens is 272 g/mol. The molecule has 21 heavy (non-hydrogen) atoms. The highest BCUT2D eigenvalue weighted by atomic mass is 16.5. The molecule has 0 heterocycles. The number of nitrogens with one attached hydrogen (secondary N) is 1. The van der Waals surface area contributed by atoms with E-state index in [0.717, 1.165) is 5.75 Å². The molecule has 6 heteroatoms. The average Bonchev–Trinajstić information content (AvgIpc) is 2.40. The van der Waals surface area contributed by atoms with Crippen LogP contribution in [0.2, 0.25) is 0 Å². The highest BCUT2D eigenvalue weighted by Gasteiger charge is 2.13. The number of anilines is 1. The van der Waals surface area contributed by atoms with Gasteiger partial charge in [-0.25, -0.2) is 4.79 Å². The summed E-state index contributed by atoms with van der Waals surface area (Å²) in [4.78, 5) is 24.0. The van der Waals surface area contributed by atoms with Crippen molar-refractivity contribution in [2.75, 3.05) is 18.4 Å². The van der Waals surface area contributed by atoms with Crippen molar-refractivity contribution in [1.82, 2.24) is 4.90 Å². The van der Waals surface area contributed by atoms with Gasteiger partial charge in [-0.3, -0.25) is 4.79 Å². The van der Waals surface area contributed by atoms with Crippen LogP contribution in [0.4, 0.5) is 10.5 Å². The molecule has 0 spiro atoms. The van der Waals surface area contributed by atoms with Gasteiger partial charge in [-0.2, -0.15) is 0 Å². The second-order valence-electron chi connectivity index (χ2n) is 4.84. The van der Waals surface area contributed by atoms with Gasteiger partial charge >= 0.3 is 12.0 Å². The molecule has 6 nitrogen and oxygen atoms in total. The van der Waals surface area contributed by atoms with Crippen molar-refractivity contribution in [2.24, 2.45) is 0 Å². The topological polar surface area (TPSA) is 78.9 Å². The van der Waals surface area contributed by atoms with Crippen LogP contribution in [0.15, 0.2) is 24.3 Å². The Morgan fingerprint density at radius 1 is 1.29 bits per heavy atom. The smallest absolute Gasteiger partial charge is 0.321 e. The number of ether oxygens (including phenoxy) is 1. The summed E-state index contributed by atoms with van der Waals surface area (Å²) in [5.41, 5.74) is 0.643. The summed E-state index contributed by atoms with van der Waals surface area (Å²) in [6.07, 6.45) is 0.0274. The number of hydrogen-bond acceptors (Lipinski definition) is 3. The van der Waals surface area contributed by atoms with E-state index in [2.05, 4.69) is 5.32 Å². The highest BCUT2D eigenvalue weighted by Crippen LogP contribution is 2.17. The van der Waals surface area contributed by atoms with Crippen molar-refractivity contribution in [1.29, 1.82) is 0 Å². The van der Waals surface area contributed by atoms with Gasteiger partial charge in [-0.1, -0.05) is 0 Å². The maximum Gasteiger partial charge on any atom is 0.321 e. The zero-order valence-corrected chi connectivity index (χ0v) is 12.6. The summed E-state index contributed by atoms with van der Waals surface area (Å²) < 4.78 is 5.52. The second-order valence-corrected chi connectivity index (χ2v) is 4.84. The first-order chi connectivity index (χ1) is 9.92. The normalized spacial score (nSPS) is 10.3. The van der Waals surface area contributed by atoms with E-state index in [1.54, 1.807) is 31.2 Å². The third-order valence-corrected chi connectivity index (χ3v) is 2.74. The number of carboxylic acids is 1. The van der Waals surface area contributed by atoms with Crippen LogP contribution in [0.25, 0.3) is 0 Å². The van der Waals surface area contributed by atoms with Gasteiger partial charge in [0.25, 0.3) is 0 Å². The van der Waals surface area contributed by atoms with Crippen molar-refractivity contribution in [3.63, 3.8) is 0 Å². The van der Waals surface area contributed by atoms with Gasteiger partial charge in [0, 0.05) is 18.8 Å². The minimum atomic E-state index is -0.920. The number of hydrogen-bond donors (Lipinski definition) is 2. The van der Waals surface area contributed by atoms with Crippen LogP contribution in [-0.2, 0) is 4.79 Å². The van der Waals surface area contributed by atoms with Crippen molar-refractivity contribution in [3.8, 4) is 5.75 Å². The summed E-state index contributed by atoms with van der Waals surface area (Å²) >= 11 is 0. The van der Waals surface area contributed by atoms with Crippen LogP contribution in [0, 0.1) is 0 Å². The minimum absolute atomic E-state index is 0.0670. The fourth-order valence-electron chi connectivity index (χ4n) is 1.73. The molecule has 1 aromatic carbocycles. The summed E-state index contributed by atoms with van der Waals surface area (Å²) in [5.74, 6) is -0.183. The molecule has 1 aromatic rings. The Balaban J connectivity index is 2.58. The first kappa shape index (κ1) is 16.8. The predicted octanol–water partition coefficient (Wildman–Crippen LogP) is 2.80. The van der Waals surface area contributed by atoms with Gasteiger partial charge in [0.1, 0.15) is 5.75 Å². The molecule has 0 aliphatic heterocycles. The Morgan fingerprint density at radius 2 is 1.90 bits per heavy atom. The average molecular weight is 294 g/mol. The lowest BCUT2D eigenvalue weighted by atomic mass is 10.3. The van der Waals surface area contributed by atoms with Crippen molar-refractivity contribution in [3.05, 3.63) is 24.3 Å². The fourth-order valence-corrected chi connectivity index (χ4v) is 1.73. The predicted molar refractivity (Wildman–Crippen MR) is 80.7 cm³/mol. The van der Waals surface area contributed by atoms with Crippen LogP contribution < -0.4 is 10.1 Å². The summed E-state index contributed by atoms with van der Waals surface area (Å²) in [6.45, 7) is 6.33. The molecule has 0 saturated carbocycles.